The van der Waals surface area contributed by atoms with E-state index in [0.717, 1.165) is 27.3 Å². The van der Waals surface area contributed by atoms with Crippen LogP contribution in [0.5, 0.6) is 0 Å². The third-order valence-corrected chi connectivity index (χ3v) is 16.0. The molecule has 12 aromatic carbocycles. The van der Waals surface area contributed by atoms with Gasteiger partial charge in [0.1, 0.15) is 0 Å². The monoisotopic (exact) mass is 876 g/mol. The molecular formula is C62H36OSe. The van der Waals surface area contributed by atoms with Crippen molar-refractivity contribution in [2.45, 2.75) is 0 Å². The summed E-state index contributed by atoms with van der Waals surface area (Å²) in [5.74, 6) is 0. The number of benzene rings is 12. The normalized spacial score (nSPS) is 12.1. The maximum atomic E-state index is 6.56. The van der Waals surface area contributed by atoms with E-state index in [4.69, 9.17) is 4.42 Å². The number of hydrogen-bond donors (Lipinski definition) is 0. The second-order valence-electron chi connectivity index (χ2n) is 17.0. The van der Waals surface area contributed by atoms with Gasteiger partial charge in [-0.2, -0.15) is 0 Å². The van der Waals surface area contributed by atoms with Crippen molar-refractivity contribution in [3.05, 3.63) is 218 Å². The van der Waals surface area contributed by atoms with E-state index in [9.17, 15) is 0 Å². The van der Waals surface area contributed by atoms with Crippen molar-refractivity contribution >= 4 is 110 Å². The summed E-state index contributed by atoms with van der Waals surface area (Å²) >= 11 is 0.145. The van der Waals surface area contributed by atoms with Crippen LogP contribution >= 0.6 is 0 Å². The molecule has 14 rings (SSSR count). The maximum absolute atomic E-state index is 6.56. The molecule has 0 aliphatic rings. The fourth-order valence-electron chi connectivity index (χ4n) is 10.9. The van der Waals surface area contributed by atoms with Gasteiger partial charge in [-0.1, -0.05) is 30.3 Å². The van der Waals surface area contributed by atoms with Crippen molar-refractivity contribution in [2.75, 3.05) is 0 Å². The molecule has 296 valence electrons. The molecule has 2 aromatic heterocycles. The Bertz CT molecular complexity index is 4130. The summed E-state index contributed by atoms with van der Waals surface area (Å²) in [7, 11) is 0. The van der Waals surface area contributed by atoms with Gasteiger partial charge < -0.3 is 0 Å². The number of hydrogen-bond acceptors (Lipinski definition) is 1. The van der Waals surface area contributed by atoms with Gasteiger partial charge in [0, 0.05) is 5.39 Å². The van der Waals surface area contributed by atoms with Crippen LogP contribution < -0.4 is 0 Å². The fraction of sp³-hybridized carbons (Fsp3) is 0. The summed E-state index contributed by atoms with van der Waals surface area (Å²) in [6, 6.07) is 80.9. The fourth-order valence-corrected chi connectivity index (χ4v) is 13.4. The molecule has 0 N–H and O–H groups in total. The molecular weight excluding hydrogens is 840 g/mol. The molecule has 2 heteroatoms. The van der Waals surface area contributed by atoms with E-state index in [0.29, 0.717) is 0 Å². The Morgan fingerprint density at radius 2 is 0.781 bits per heavy atom. The summed E-state index contributed by atoms with van der Waals surface area (Å²) < 4.78 is 9.44. The second-order valence-corrected chi connectivity index (χ2v) is 19.3. The van der Waals surface area contributed by atoms with Crippen LogP contribution in [0.3, 0.4) is 0 Å². The van der Waals surface area contributed by atoms with E-state index < -0.39 is 0 Å². The van der Waals surface area contributed by atoms with E-state index in [2.05, 4.69) is 218 Å². The average Bonchev–Trinajstić information content (AvgIpc) is 3.93. The topological polar surface area (TPSA) is 13.1 Å². The molecule has 0 aliphatic carbocycles. The Kier molecular flexibility index (Phi) is 7.77. The van der Waals surface area contributed by atoms with Crippen molar-refractivity contribution < 1.29 is 4.42 Å². The van der Waals surface area contributed by atoms with Gasteiger partial charge in [0.2, 0.25) is 0 Å². The molecule has 0 unspecified atom stereocenters. The number of fused-ring (bicyclic) bond motifs is 12. The van der Waals surface area contributed by atoms with Crippen LogP contribution in [0.15, 0.2) is 223 Å². The molecule has 64 heavy (non-hydrogen) atoms. The zero-order valence-electron chi connectivity index (χ0n) is 34.6. The SMILES string of the molecule is c1ccc(-c2c3ccccc3c(-c3cccc4[se]c5cc(-c6c7ccccc7c(-c7ccc8oc9c%10ccccc%10ccc9c8c7)c7ccccc67)ccc5c34)c3ccccc23)cc1. The Morgan fingerprint density at radius 1 is 0.281 bits per heavy atom. The summed E-state index contributed by atoms with van der Waals surface area (Å²) in [6.45, 7) is 0. The summed E-state index contributed by atoms with van der Waals surface area (Å²) in [5.41, 5.74) is 12.0. The second kappa shape index (κ2) is 13.9. The van der Waals surface area contributed by atoms with E-state index >= 15 is 0 Å². The van der Waals surface area contributed by atoms with Crippen LogP contribution in [-0.4, -0.2) is 14.5 Å². The van der Waals surface area contributed by atoms with Crippen LogP contribution in [0.1, 0.15) is 0 Å². The minimum atomic E-state index is 0.145. The molecule has 1 nitrogen and oxygen atoms in total. The average molecular weight is 876 g/mol. The molecule has 2 heterocycles. The van der Waals surface area contributed by atoms with Gasteiger partial charge in [0.05, 0.1) is 0 Å². The van der Waals surface area contributed by atoms with Gasteiger partial charge in [-0.15, -0.1) is 0 Å². The minimum absolute atomic E-state index is 0.145. The van der Waals surface area contributed by atoms with Gasteiger partial charge >= 0.3 is 336 Å². The van der Waals surface area contributed by atoms with Crippen LogP contribution in [-0.2, 0) is 0 Å². The first-order valence-corrected chi connectivity index (χ1v) is 23.7. The molecule has 0 saturated carbocycles. The van der Waals surface area contributed by atoms with Crippen LogP contribution in [0.4, 0.5) is 0 Å². The Labute approximate surface area is 374 Å². The standard InChI is InChI=1S/C62H36OSe/c1-2-16-38(17-3-1)57-46-23-10-12-25-48(46)60(49-26-13-11-24-47(49)57)52-27-14-28-55-61(52)51-33-30-40(36-56(51)64-55)59-44-21-8-6-19-42(44)58(43-20-7-9-22-45(43)59)39-31-34-54-53(35-39)50-32-29-37-15-4-5-18-41(37)62(50)63-54/h1-36H. The number of rotatable bonds is 4. The van der Waals surface area contributed by atoms with Gasteiger partial charge in [-0.05, 0) is 5.39 Å². The summed E-state index contributed by atoms with van der Waals surface area (Å²) in [6.07, 6.45) is 0. The van der Waals surface area contributed by atoms with Crippen LogP contribution in [0, 0.1) is 0 Å². The van der Waals surface area contributed by atoms with E-state index in [1.54, 1.807) is 0 Å². The zero-order chi connectivity index (χ0) is 41.9. The first-order chi connectivity index (χ1) is 31.8. The van der Waals surface area contributed by atoms with Crippen molar-refractivity contribution in [1.29, 1.82) is 0 Å². The van der Waals surface area contributed by atoms with Gasteiger partial charge in [0.15, 0.2) is 0 Å². The van der Waals surface area contributed by atoms with E-state index in [1.165, 1.54) is 112 Å². The molecule has 0 radical (unpaired) electrons. The third-order valence-electron chi connectivity index (χ3n) is 13.6. The number of furan rings is 1. The molecule has 0 atom stereocenters. The predicted molar refractivity (Wildman–Crippen MR) is 275 cm³/mol. The first-order valence-electron chi connectivity index (χ1n) is 22.0. The van der Waals surface area contributed by atoms with Crippen molar-refractivity contribution in [3.63, 3.8) is 0 Å². The third kappa shape index (κ3) is 5.19. The van der Waals surface area contributed by atoms with Crippen molar-refractivity contribution in [1.82, 2.24) is 0 Å². The van der Waals surface area contributed by atoms with E-state index in [-0.39, 0.29) is 14.5 Å². The van der Waals surface area contributed by atoms with Gasteiger partial charge in [0.25, 0.3) is 0 Å². The quantitative estimate of drug-likeness (QED) is 0.127. The summed E-state index contributed by atoms with van der Waals surface area (Å²) in [5, 5.41) is 17.5. The van der Waals surface area contributed by atoms with Crippen LogP contribution in [0.2, 0.25) is 0 Å². The predicted octanol–water partition coefficient (Wildman–Crippen LogP) is 17.4. The Balaban J connectivity index is 0.980. The van der Waals surface area contributed by atoms with Crippen LogP contribution in [0.25, 0.3) is 140 Å². The zero-order valence-corrected chi connectivity index (χ0v) is 36.3. The molecule has 14 aromatic rings. The molecule has 0 amide bonds. The molecule has 0 aliphatic heterocycles. The van der Waals surface area contributed by atoms with E-state index in [1.807, 2.05) is 0 Å². The summed E-state index contributed by atoms with van der Waals surface area (Å²) in [4.78, 5) is 0. The van der Waals surface area contributed by atoms with Crippen molar-refractivity contribution in [3.8, 4) is 44.5 Å². The molecule has 0 saturated heterocycles. The molecule has 0 bridgehead atoms. The first kappa shape index (κ1) is 35.8. The Hall–Kier alpha value is -7.74. The Morgan fingerprint density at radius 3 is 1.41 bits per heavy atom. The van der Waals surface area contributed by atoms with Crippen molar-refractivity contribution in [2.24, 2.45) is 0 Å². The van der Waals surface area contributed by atoms with Gasteiger partial charge in [-0.3, -0.25) is 0 Å². The van der Waals surface area contributed by atoms with Gasteiger partial charge in [-0.25, -0.2) is 0 Å². The molecule has 0 spiro atoms. The molecule has 0 fully saturated rings.